The van der Waals surface area contributed by atoms with Crippen LogP contribution < -0.4 is 5.32 Å². The third-order valence-electron chi connectivity index (χ3n) is 3.29. The lowest BCUT2D eigenvalue weighted by molar-refractivity contribution is -0.118. The van der Waals surface area contributed by atoms with E-state index in [9.17, 15) is 4.79 Å². The Kier molecular flexibility index (Phi) is 4.49. The summed E-state index contributed by atoms with van der Waals surface area (Å²) in [4.78, 5) is 11.7. The molecule has 110 valence electrons. The Morgan fingerprint density at radius 2 is 2.14 bits per heavy atom. The zero-order valence-corrected chi connectivity index (χ0v) is 12.4. The topological polar surface area (TPSA) is 72.7 Å². The van der Waals surface area contributed by atoms with Crippen LogP contribution >= 0.6 is 11.8 Å². The molecule has 6 nitrogen and oxygen atoms in total. The maximum Gasteiger partial charge on any atom is 0.230 e. The quantitative estimate of drug-likeness (QED) is 0.781. The normalized spacial score (nSPS) is 14.1. The van der Waals surface area contributed by atoms with Crippen LogP contribution in [0.25, 0.3) is 0 Å². The van der Waals surface area contributed by atoms with E-state index in [0.29, 0.717) is 23.4 Å². The monoisotopic (exact) mass is 303 g/mol. The Labute approximate surface area is 127 Å². The molecule has 1 fully saturated rings. The summed E-state index contributed by atoms with van der Waals surface area (Å²) in [6.07, 6.45) is 2.48. The van der Waals surface area contributed by atoms with Crippen LogP contribution in [0.2, 0.25) is 0 Å². The van der Waals surface area contributed by atoms with Crippen LogP contribution in [0, 0.1) is 5.92 Å². The number of amides is 1. The molecule has 0 bridgehead atoms. The van der Waals surface area contributed by atoms with E-state index in [2.05, 4.69) is 20.8 Å². The van der Waals surface area contributed by atoms with E-state index < -0.39 is 0 Å². The molecule has 1 aliphatic carbocycles. The van der Waals surface area contributed by atoms with Crippen molar-refractivity contribution in [1.82, 2.24) is 25.5 Å². The Bertz CT molecular complexity index is 596. The van der Waals surface area contributed by atoms with E-state index in [1.807, 2.05) is 30.3 Å². The molecular weight excluding hydrogens is 286 g/mol. The first-order valence-electron chi connectivity index (χ1n) is 7.01. The number of thioether (sulfide) groups is 1. The minimum atomic E-state index is 0.0427. The lowest BCUT2D eigenvalue weighted by atomic mass is 10.2. The minimum absolute atomic E-state index is 0.0427. The summed E-state index contributed by atoms with van der Waals surface area (Å²) >= 11 is 1.37. The fraction of sp³-hybridized carbons (Fsp3) is 0.429. The molecule has 1 aliphatic rings. The Morgan fingerprint density at radius 3 is 2.90 bits per heavy atom. The smallest absolute Gasteiger partial charge is 0.230 e. The molecule has 0 unspecified atom stereocenters. The highest BCUT2D eigenvalue weighted by molar-refractivity contribution is 7.99. The number of nitrogens with zero attached hydrogens (tertiary/aromatic N) is 4. The predicted molar refractivity (Wildman–Crippen MR) is 79.8 cm³/mol. The molecule has 1 heterocycles. The summed E-state index contributed by atoms with van der Waals surface area (Å²) in [7, 11) is 0. The van der Waals surface area contributed by atoms with Gasteiger partial charge in [-0.1, -0.05) is 42.1 Å². The van der Waals surface area contributed by atoms with E-state index in [1.165, 1.54) is 24.6 Å². The number of rotatable bonds is 7. The van der Waals surface area contributed by atoms with Gasteiger partial charge in [-0.05, 0) is 34.7 Å². The van der Waals surface area contributed by atoms with Crippen LogP contribution in [-0.2, 0) is 11.3 Å². The Balaban J connectivity index is 1.51. The average molecular weight is 303 g/mol. The van der Waals surface area contributed by atoms with Gasteiger partial charge in [0.1, 0.15) is 0 Å². The SMILES string of the molecule is O=C(CSc1nnnn1Cc1ccccc1)NCC1CC1. The van der Waals surface area contributed by atoms with Gasteiger partial charge in [0.2, 0.25) is 11.1 Å². The summed E-state index contributed by atoms with van der Waals surface area (Å²) in [5.41, 5.74) is 1.13. The molecule has 1 N–H and O–H groups in total. The number of hydrogen-bond acceptors (Lipinski definition) is 5. The zero-order valence-electron chi connectivity index (χ0n) is 11.6. The summed E-state index contributed by atoms with van der Waals surface area (Å²) in [6.45, 7) is 1.41. The lowest BCUT2D eigenvalue weighted by Gasteiger charge is -2.05. The van der Waals surface area contributed by atoms with E-state index in [-0.39, 0.29) is 5.91 Å². The second-order valence-corrected chi connectivity index (χ2v) is 6.08. The number of aromatic nitrogens is 4. The fourth-order valence-electron chi connectivity index (χ4n) is 1.92. The van der Waals surface area contributed by atoms with Crippen molar-refractivity contribution in [3.63, 3.8) is 0 Å². The molecule has 0 atom stereocenters. The zero-order chi connectivity index (χ0) is 14.5. The van der Waals surface area contributed by atoms with Crippen molar-refractivity contribution in [2.75, 3.05) is 12.3 Å². The molecule has 0 saturated heterocycles. The Hall–Kier alpha value is -1.89. The van der Waals surface area contributed by atoms with Crippen LogP contribution in [0.15, 0.2) is 35.5 Å². The molecule has 1 amide bonds. The van der Waals surface area contributed by atoms with Gasteiger partial charge in [0.15, 0.2) is 0 Å². The molecule has 3 rings (SSSR count). The molecule has 7 heteroatoms. The predicted octanol–water partition coefficient (Wildman–Crippen LogP) is 1.34. The van der Waals surface area contributed by atoms with E-state index in [4.69, 9.17) is 0 Å². The van der Waals surface area contributed by atoms with Crippen LogP contribution in [0.3, 0.4) is 0 Å². The minimum Gasteiger partial charge on any atom is -0.355 e. The van der Waals surface area contributed by atoms with Crippen molar-refractivity contribution < 1.29 is 4.79 Å². The van der Waals surface area contributed by atoms with Gasteiger partial charge in [-0.15, -0.1) is 5.10 Å². The molecule has 0 radical (unpaired) electrons. The van der Waals surface area contributed by atoms with Crippen molar-refractivity contribution in [3.8, 4) is 0 Å². The van der Waals surface area contributed by atoms with Gasteiger partial charge in [-0.2, -0.15) is 0 Å². The first kappa shape index (κ1) is 14.1. The van der Waals surface area contributed by atoms with Crippen molar-refractivity contribution in [3.05, 3.63) is 35.9 Å². The number of hydrogen-bond donors (Lipinski definition) is 1. The van der Waals surface area contributed by atoms with E-state index in [1.54, 1.807) is 4.68 Å². The maximum atomic E-state index is 11.7. The van der Waals surface area contributed by atoms with Crippen molar-refractivity contribution >= 4 is 17.7 Å². The first-order chi connectivity index (χ1) is 10.3. The third-order valence-corrected chi connectivity index (χ3v) is 4.25. The van der Waals surface area contributed by atoms with Crippen LogP contribution in [0.5, 0.6) is 0 Å². The van der Waals surface area contributed by atoms with Crippen molar-refractivity contribution in [2.45, 2.75) is 24.5 Å². The molecular formula is C14H17N5OS. The molecule has 2 aromatic rings. The fourth-order valence-corrected chi connectivity index (χ4v) is 2.62. The van der Waals surface area contributed by atoms with Gasteiger partial charge >= 0.3 is 0 Å². The highest BCUT2D eigenvalue weighted by Crippen LogP contribution is 2.27. The molecule has 0 spiro atoms. The summed E-state index contributed by atoms with van der Waals surface area (Å²) in [5, 5.41) is 15.2. The van der Waals surface area contributed by atoms with Gasteiger partial charge in [0.25, 0.3) is 0 Å². The van der Waals surface area contributed by atoms with Crippen LogP contribution in [0.4, 0.5) is 0 Å². The van der Waals surface area contributed by atoms with E-state index in [0.717, 1.165) is 12.1 Å². The number of tetrazole rings is 1. The number of carbonyl (C=O) groups excluding carboxylic acids is 1. The average Bonchev–Trinajstić information content (AvgIpc) is 3.24. The third kappa shape index (κ3) is 4.29. The maximum absolute atomic E-state index is 11.7. The Morgan fingerprint density at radius 1 is 1.33 bits per heavy atom. The number of nitrogens with one attached hydrogen (secondary N) is 1. The summed E-state index contributed by atoms with van der Waals surface area (Å²) < 4.78 is 1.72. The molecule has 0 aliphatic heterocycles. The van der Waals surface area contributed by atoms with Crippen molar-refractivity contribution in [2.24, 2.45) is 5.92 Å². The van der Waals surface area contributed by atoms with Crippen LogP contribution in [0.1, 0.15) is 18.4 Å². The van der Waals surface area contributed by atoms with Gasteiger partial charge < -0.3 is 5.32 Å². The van der Waals surface area contributed by atoms with Gasteiger partial charge in [-0.25, -0.2) is 4.68 Å². The largest absolute Gasteiger partial charge is 0.355 e. The molecule has 1 saturated carbocycles. The number of carbonyl (C=O) groups is 1. The molecule has 1 aromatic carbocycles. The standard InChI is InChI=1S/C14H17N5OS/c20-13(15-8-11-6-7-11)10-21-14-16-17-18-19(14)9-12-4-2-1-3-5-12/h1-5,11H,6-10H2,(H,15,20). The first-order valence-corrected chi connectivity index (χ1v) is 7.99. The summed E-state index contributed by atoms with van der Waals surface area (Å²) in [6, 6.07) is 10.00. The van der Waals surface area contributed by atoms with Gasteiger partial charge in [0.05, 0.1) is 12.3 Å². The summed E-state index contributed by atoms with van der Waals surface area (Å²) in [5.74, 6) is 1.09. The lowest BCUT2D eigenvalue weighted by Crippen LogP contribution is -2.27. The van der Waals surface area contributed by atoms with Crippen LogP contribution in [-0.4, -0.2) is 38.4 Å². The highest BCUT2D eigenvalue weighted by atomic mass is 32.2. The van der Waals surface area contributed by atoms with E-state index >= 15 is 0 Å². The number of benzene rings is 1. The second kappa shape index (κ2) is 6.71. The highest BCUT2D eigenvalue weighted by Gasteiger charge is 2.21. The molecule has 21 heavy (non-hydrogen) atoms. The second-order valence-electron chi connectivity index (χ2n) is 5.14. The molecule has 1 aromatic heterocycles. The van der Waals surface area contributed by atoms with Crippen molar-refractivity contribution in [1.29, 1.82) is 0 Å². The van der Waals surface area contributed by atoms with Gasteiger partial charge in [0, 0.05) is 6.54 Å². The van der Waals surface area contributed by atoms with Gasteiger partial charge in [-0.3, -0.25) is 4.79 Å².